The maximum atomic E-state index is 12.6. The summed E-state index contributed by atoms with van der Waals surface area (Å²) < 4.78 is 0. The number of nitrogens with one attached hydrogen (secondary N) is 1. The number of hydrogen-bond acceptors (Lipinski definition) is 2. The van der Waals surface area contributed by atoms with Crippen LogP contribution in [0.5, 0.6) is 0 Å². The smallest absolute Gasteiger partial charge is 0.255 e. The van der Waals surface area contributed by atoms with Crippen LogP contribution in [0.2, 0.25) is 5.02 Å². The first-order valence-corrected chi connectivity index (χ1v) is 8.00. The summed E-state index contributed by atoms with van der Waals surface area (Å²) in [5, 5.41) is 3.62. The molecule has 2 bridgehead atoms. The van der Waals surface area contributed by atoms with Gasteiger partial charge in [-0.2, -0.15) is 0 Å². The largest absolute Gasteiger partial charge is 0.398 e. The van der Waals surface area contributed by atoms with Gasteiger partial charge in [-0.05, 0) is 48.1 Å². The quantitative estimate of drug-likeness (QED) is 0.815. The summed E-state index contributed by atoms with van der Waals surface area (Å²) in [6.07, 6.45) is 3.50. The van der Waals surface area contributed by atoms with Crippen LogP contribution < -0.4 is 11.1 Å². The SMILES string of the molecule is CC1(C)C2CCC1(C)C(NC(=O)c1c(N)cccc1Cl)C2. The van der Waals surface area contributed by atoms with Gasteiger partial charge in [0.1, 0.15) is 0 Å². The molecule has 1 aromatic carbocycles. The van der Waals surface area contributed by atoms with Crippen molar-refractivity contribution in [3.05, 3.63) is 28.8 Å². The lowest BCUT2D eigenvalue weighted by Crippen LogP contribution is -2.47. The van der Waals surface area contributed by atoms with Crippen molar-refractivity contribution in [2.24, 2.45) is 16.7 Å². The number of carbonyl (C=O) groups is 1. The van der Waals surface area contributed by atoms with Gasteiger partial charge in [-0.1, -0.05) is 38.4 Å². The number of nitrogens with two attached hydrogens (primary N) is 1. The number of anilines is 1. The molecule has 3 N–H and O–H groups in total. The second-order valence-corrected chi connectivity index (χ2v) is 7.75. The second-order valence-electron chi connectivity index (χ2n) is 7.34. The third-order valence-corrected chi connectivity index (χ3v) is 6.69. The molecule has 0 aliphatic heterocycles. The minimum atomic E-state index is -0.146. The number of rotatable bonds is 2. The molecule has 0 heterocycles. The van der Waals surface area contributed by atoms with Gasteiger partial charge in [0.25, 0.3) is 5.91 Å². The summed E-state index contributed by atoms with van der Waals surface area (Å²) in [7, 11) is 0. The first-order chi connectivity index (χ1) is 9.77. The Bertz CT molecular complexity index is 578. The van der Waals surface area contributed by atoms with Gasteiger partial charge in [-0.25, -0.2) is 0 Å². The summed E-state index contributed by atoms with van der Waals surface area (Å²) in [5.74, 6) is 0.545. The number of fused-ring (bicyclic) bond motifs is 2. The molecule has 3 unspecified atom stereocenters. The lowest BCUT2D eigenvalue weighted by molar-refractivity contribution is 0.0827. The molecule has 2 saturated carbocycles. The van der Waals surface area contributed by atoms with E-state index in [0.29, 0.717) is 22.2 Å². The summed E-state index contributed by atoms with van der Waals surface area (Å²) in [4.78, 5) is 12.6. The van der Waals surface area contributed by atoms with Gasteiger partial charge >= 0.3 is 0 Å². The third kappa shape index (κ3) is 1.97. The molecule has 2 aliphatic carbocycles. The molecule has 0 saturated heterocycles. The highest BCUT2D eigenvalue weighted by Crippen LogP contribution is 2.65. The van der Waals surface area contributed by atoms with E-state index in [0.717, 1.165) is 6.42 Å². The zero-order valence-electron chi connectivity index (χ0n) is 12.9. The van der Waals surface area contributed by atoms with E-state index in [1.807, 2.05) is 0 Å². The van der Waals surface area contributed by atoms with E-state index >= 15 is 0 Å². The molecule has 0 radical (unpaired) electrons. The van der Waals surface area contributed by atoms with Crippen molar-refractivity contribution in [3.63, 3.8) is 0 Å². The fourth-order valence-corrected chi connectivity index (χ4v) is 4.70. The Labute approximate surface area is 131 Å². The molecule has 114 valence electrons. The van der Waals surface area contributed by atoms with Crippen molar-refractivity contribution in [3.8, 4) is 0 Å². The Balaban J connectivity index is 1.84. The van der Waals surface area contributed by atoms with Gasteiger partial charge < -0.3 is 11.1 Å². The van der Waals surface area contributed by atoms with Gasteiger partial charge in [0.05, 0.1) is 10.6 Å². The number of halogens is 1. The van der Waals surface area contributed by atoms with Crippen LogP contribution in [0.25, 0.3) is 0 Å². The molecule has 2 aliphatic rings. The predicted molar refractivity (Wildman–Crippen MR) is 86.3 cm³/mol. The first-order valence-electron chi connectivity index (χ1n) is 7.62. The summed E-state index contributed by atoms with van der Waals surface area (Å²) in [5.41, 5.74) is 7.19. The number of hydrogen-bond donors (Lipinski definition) is 2. The molecule has 3 atom stereocenters. The standard InChI is InChI=1S/C17H23ClN2O/c1-16(2)10-7-8-17(16,3)13(9-10)20-15(21)14-11(18)5-4-6-12(14)19/h4-6,10,13H,7-9,19H2,1-3H3,(H,20,21). The van der Waals surface area contributed by atoms with E-state index in [1.54, 1.807) is 18.2 Å². The number of nitrogen functional groups attached to an aromatic ring is 1. The van der Waals surface area contributed by atoms with Crippen LogP contribution in [0.1, 0.15) is 50.4 Å². The minimum absolute atomic E-state index is 0.146. The molecule has 2 fully saturated rings. The molecular weight excluding hydrogens is 284 g/mol. The van der Waals surface area contributed by atoms with Crippen LogP contribution in [0, 0.1) is 16.7 Å². The molecule has 3 rings (SSSR count). The Morgan fingerprint density at radius 2 is 2.10 bits per heavy atom. The molecule has 0 aromatic heterocycles. The van der Waals surface area contributed by atoms with Gasteiger partial charge in [-0.15, -0.1) is 0 Å². The molecular formula is C17H23ClN2O. The van der Waals surface area contributed by atoms with Crippen LogP contribution in [0.15, 0.2) is 18.2 Å². The number of carbonyl (C=O) groups excluding carboxylic acids is 1. The summed E-state index contributed by atoms with van der Waals surface area (Å²) >= 11 is 6.14. The van der Waals surface area contributed by atoms with Crippen molar-refractivity contribution < 1.29 is 4.79 Å². The highest BCUT2D eigenvalue weighted by molar-refractivity contribution is 6.34. The van der Waals surface area contributed by atoms with Crippen LogP contribution in [0.3, 0.4) is 0 Å². The molecule has 1 amide bonds. The van der Waals surface area contributed by atoms with Crippen LogP contribution in [0.4, 0.5) is 5.69 Å². The number of benzene rings is 1. The van der Waals surface area contributed by atoms with E-state index in [4.69, 9.17) is 17.3 Å². The maximum Gasteiger partial charge on any atom is 0.255 e. The lowest BCUT2D eigenvalue weighted by atomic mass is 9.69. The van der Waals surface area contributed by atoms with E-state index in [-0.39, 0.29) is 22.8 Å². The van der Waals surface area contributed by atoms with E-state index < -0.39 is 0 Å². The maximum absolute atomic E-state index is 12.6. The van der Waals surface area contributed by atoms with Gasteiger partial charge in [-0.3, -0.25) is 4.79 Å². The normalized spacial score (nSPS) is 33.1. The fourth-order valence-electron chi connectivity index (χ4n) is 4.43. The zero-order chi connectivity index (χ0) is 15.4. The van der Waals surface area contributed by atoms with Crippen molar-refractivity contribution in [1.82, 2.24) is 5.32 Å². The van der Waals surface area contributed by atoms with E-state index in [1.165, 1.54) is 12.8 Å². The van der Waals surface area contributed by atoms with Crippen LogP contribution >= 0.6 is 11.6 Å². The van der Waals surface area contributed by atoms with Gasteiger partial charge in [0, 0.05) is 11.7 Å². The molecule has 0 spiro atoms. The molecule has 4 heteroatoms. The second kappa shape index (κ2) is 4.64. The Morgan fingerprint density at radius 1 is 1.38 bits per heavy atom. The molecule has 3 nitrogen and oxygen atoms in total. The Morgan fingerprint density at radius 3 is 2.62 bits per heavy atom. The Kier molecular flexibility index (Phi) is 3.25. The van der Waals surface area contributed by atoms with E-state index in [9.17, 15) is 4.79 Å². The monoisotopic (exact) mass is 306 g/mol. The average Bonchev–Trinajstić information content (AvgIpc) is 2.71. The summed E-state index contributed by atoms with van der Waals surface area (Å²) in [6.45, 7) is 6.97. The van der Waals surface area contributed by atoms with Crippen molar-refractivity contribution >= 4 is 23.2 Å². The Hall–Kier alpha value is -1.22. The van der Waals surface area contributed by atoms with Crippen molar-refractivity contribution in [2.45, 2.75) is 46.1 Å². The van der Waals surface area contributed by atoms with Crippen LogP contribution in [-0.2, 0) is 0 Å². The number of amides is 1. The minimum Gasteiger partial charge on any atom is -0.398 e. The molecule has 1 aromatic rings. The fraction of sp³-hybridized carbons (Fsp3) is 0.588. The summed E-state index contributed by atoms with van der Waals surface area (Å²) in [6, 6.07) is 5.39. The topological polar surface area (TPSA) is 55.1 Å². The van der Waals surface area contributed by atoms with Crippen LogP contribution in [-0.4, -0.2) is 11.9 Å². The van der Waals surface area contributed by atoms with Crippen molar-refractivity contribution in [2.75, 3.05) is 5.73 Å². The highest BCUT2D eigenvalue weighted by atomic mass is 35.5. The third-order valence-electron chi connectivity index (χ3n) is 6.37. The lowest BCUT2D eigenvalue weighted by Gasteiger charge is -2.39. The molecule has 21 heavy (non-hydrogen) atoms. The van der Waals surface area contributed by atoms with Crippen molar-refractivity contribution in [1.29, 1.82) is 0 Å². The van der Waals surface area contributed by atoms with Gasteiger partial charge in [0.15, 0.2) is 0 Å². The zero-order valence-corrected chi connectivity index (χ0v) is 13.6. The van der Waals surface area contributed by atoms with Gasteiger partial charge in [0.2, 0.25) is 0 Å². The first kappa shape index (κ1) is 14.7. The average molecular weight is 307 g/mol. The highest BCUT2D eigenvalue weighted by Gasteiger charge is 2.61. The predicted octanol–water partition coefficient (Wildman–Crippen LogP) is 3.87. The van der Waals surface area contributed by atoms with E-state index in [2.05, 4.69) is 26.1 Å².